The van der Waals surface area contributed by atoms with Crippen molar-refractivity contribution in [2.45, 2.75) is 26.3 Å². The average molecular weight is 344 g/mol. The molecule has 0 amide bonds. The molecule has 0 saturated heterocycles. The van der Waals surface area contributed by atoms with Crippen LogP contribution >= 0.6 is 15.9 Å². The van der Waals surface area contributed by atoms with Gasteiger partial charge in [0.05, 0.1) is 13.2 Å². The summed E-state index contributed by atoms with van der Waals surface area (Å²) in [5, 5.41) is 3.33. The van der Waals surface area contributed by atoms with Crippen molar-refractivity contribution in [3.05, 3.63) is 22.2 Å². The summed E-state index contributed by atoms with van der Waals surface area (Å²) >= 11 is 3.57. The Labute approximate surface area is 128 Å². The number of benzene rings is 1. The molecule has 1 heterocycles. The molecule has 1 aliphatic rings. The third-order valence-electron chi connectivity index (χ3n) is 3.03. The third-order valence-corrected chi connectivity index (χ3v) is 3.76. The van der Waals surface area contributed by atoms with Crippen LogP contribution in [0.1, 0.15) is 19.4 Å². The molecule has 2 rings (SSSR count). The molecule has 4 nitrogen and oxygen atoms in total. The summed E-state index contributed by atoms with van der Waals surface area (Å²) in [6.07, 6.45) is 0.860. The lowest BCUT2D eigenvalue weighted by Crippen LogP contribution is -2.26. The minimum absolute atomic E-state index is 0.505. The molecular formula is C15H22BrNO3. The van der Waals surface area contributed by atoms with Gasteiger partial charge in [0.15, 0.2) is 11.5 Å². The second-order valence-corrected chi connectivity index (χ2v) is 5.91. The van der Waals surface area contributed by atoms with E-state index in [1.54, 1.807) is 0 Å². The number of rotatable bonds is 7. The van der Waals surface area contributed by atoms with Crippen LogP contribution in [0.5, 0.6) is 11.5 Å². The molecule has 5 heteroatoms. The lowest BCUT2D eigenvalue weighted by Gasteiger charge is -2.20. The highest BCUT2D eigenvalue weighted by Gasteiger charge is 2.14. The maximum Gasteiger partial charge on any atom is 0.162 e. The summed E-state index contributed by atoms with van der Waals surface area (Å²) in [6, 6.07) is 4.52. The van der Waals surface area contributed by atoms with Gasteiger partial charge in [-0.3, -0.25) is 0 Å². The second-order valence-electron chi connectivity index (χ2n) is 5.06. The van der Waals surface area contributed by atoms with Crippen LogP contribution in [0, 0.1) is 0 Å². The Morgan fingerprint density at radius 1 is 1.20 bits per heavy atom. The first kappa shape index (κ1) is 15.6. The van der Waals surface area contributed by atoms with Gasteiger partial charge in [-0.2, -0.15) is 0 Å². The zero-order chi connectivity index (χ0) is 14.4. The quantitative estimate of drug-likeness (QED) is 0.772. The molecule has 0 bridgehead atoms. The molecule has 0 fully saturated rings. The van der Waals surface area contributed by atoms with E-state index in [2.05, 4.69) is 35.1 Å². The fourth-order valence-corrected chi connectivity index (χ4v) is 2.52. The molecule has 0 aromatic heterocycles. The number of nitrogens with one attached hydrogen (secondary N) is 1. The lowest BCUT2D eigenvalue weighted by atomic mass is 10.1. The Bertz CT molecular complexity index is 437. The molecule has 0 radical (unpaired) electrons. The lowest BCUT2D eigenvalue weighted by molar-refractivity contribution is 0.137. The molecule has 0 atom stereocenters. The minimum Gasteiger partial charge on any atom is -0.486 e. The Kier molecular flexibility index (Phi) is 6.13. The number of ether oxygens (including phenoxy) is 3. The van der Waals surface area contributed by atoms with Gasteiger partial charge in [0.2, 0.25) is 0 Å². The molecule has 1 aliphatic heterocycles. The molecule has 1 N–H and O–H groups in total. The Morgan fingerprint density at radius 3 is 2.60 bits per heavy atom. The van der Waals surface area contributed by atoms with Crippen LogP contribution in [0.2, 0.25) is 0 Å². The smallest absolute Gasteiger partial charge is 0.162 e. The van der Waals surface area contributed by atoms with Gasteiger partial charge in [-0.1, -0.05) is 29.8 Å². The van der Waals surface area contributed by atoms with Crippen molar-refractivity contribution in [3.63, 3.8) is 0 Å². The number of halogens is 1. The summed E-state index contributed by atoms with van der Waals surface area (Å²) < 4.78 is 17.8. The van der Waals surface area contributed by atoms with Gasteiger partial charge in [0.1, 0.15) is 13.2 Å². The largest absolute Gasteiger partial charge is 0.486 e. The van der Waals surface area contributed by atoms with Gasteiger partial charge >= 0.3 is 0 Å². The van der Waals surface area contributed by atoms with Gasteiger partial charge in [0.25, 0.3) is 0 Å². The van der Waals surface area contributed by atoms with E-state index in [0.29, 0.717) is 25.9 Å². The molecule has 1 aromatic carbocycles. The molecule has 0 aliphatic carbocycles. The Balaban J connectivity index is 1.78. The van der Waals surface area contributed by atoms with Crippen molar-refractivity contribution >= 4 is 15.9 Å². The topological polar surface area (TPSA) is 39.7 Å². The van der Waals surface area contributed by atoms with Gasteiger partial charge < -0.3 is 19.5 Å². The van der Waals surface area contributed by atoms with Crippen LogP contribution in [0.25, 0.3) is 0 Å². The molecular weight excluding hydrogens is 322 g/mol. The highest BCUT2D eigenvalue weighted by atomic mass is 79.9. The normalized spacial score (nSPS) is 13.8. The Morgan fingerprint density at radius 2 is 1.90 bits per heavy atom. The molecule has 112 valence electrons. The summed E-state index contributed by atoms with van der Waals surface area (Å²) in [5.74, 6) is 1.64. The first-order chi connectivity index (χ1) is 9.66. The van der Waals surface area contributed by atoms with Crippen molar-refractivity contribution in [1.82, 2.24) is 5.32 Å². The van der Waals surface area contributed by atoms with E-state index in [0.717, 1.165) is 35.5 Å². The molecule has 20 heavy (non-hydrogen) atoms. The van der Waals surface area contributed by atoms with Gasteiger partial charge in [-0.05, 0) is 24.1 Å². The van der Waals surface area contributed by atoms with Gasteiger partial charge in [-0.25, -0.2) is 0 Å². The summed E-state index contributed by atoms with van der Waals surface area (Å²) in [5.41, 5.74) is 1.19. The van der Waals surface area contributed by atoms with E-state index >= 15 is 0 Å². The van der Waals surface area contributed by atoms with E-state index in [1.807, 2.05) is 12.1 Å². The van der Waals surface area contributed by atoms with E-state index in [9.17, 15) is 0 Å². The predicted octanol–water partition coefficient (Wildman–Crippen LogP) is 2.78. The molecule has 1 aromatic rings. The predicted molar refractivity (Wildman–Crippen MR) is 82.8 cm³/mol. The summed E-state index contributed by atoms with van der Waals surface area (Å²) in [4.78, 5) is 0. The van der Waals surface area contributed by atoms with Gasteiger partial charge in [0, 0.05) is 17.1 Å². The van der Waals surface area contributed by atoms with E-state index in [4.69, 9.17) is 14.2 Å². The van der Waals surface area contributed by atoms with E-state index in [-0.39, 0.29) is 0 Å². The standard InChI is InChI=1S/C15H22BrNO3/c1-11(2)17-4-6-18-5-3-12-9-14-15(10-13(12)16)20-8-7-19-14/h9-11,17H,3-8H2,1-2H3. The van der Waals surface area contributed by atoms with Gasteiger partial charge in [-0.15, -0.1) is 0 Å². The number of hydrogen-bond acceptors (Lipinski definition) is 4. The van der Waals surface area contributed by atoms with E-state index in [1.165, 1.54) is 5.56 Å². The monoisotopic (exact) mass is 343 g/mol. The van der Waals surface area contributed by atoms with E-state index < -0.39 is 0 Å². The molecule has 0 unspecified atom stereocenters. The van der Waals surface area contributed by atoms with Crippen LogP contribution in [0.15, 0.2) is 16.6 Å². The van der Waals surface area contributed by atoms with Crippen molar-refractivity contribution in [2.75, 3.05) is 33.0 Å². The first-order valence-electron chi connectivity index (χ1n) is 7.06. The molecule has 0 saturated carbocycles. The highest BCUT2D eigenvalue weighted by Crippen LogP contribution is 2.35. The van der Waals surface area contributed by atoms with Crippen LogP contribution in [0.4, 0.5) is 0 Å². The maximum absolute atomic E-state index is 5.63. The number of fused-ring (bicyclic) bond motifs is 1. The molecule has 0 spiro atoms. The van der Waals surface area contributed by atoms with Crippen LogP contribution in [0.3, 0.4) is 0 Å². The SMILES string of the molecule is CC(C)NCCOCCc1cc2c(cc1Br)OCCO2. The maximum atomic E-state index is 5.63. The zero-order valence-corrected chi connectivity index (χ0v) is 13.7. The van der Waals surface area contributed by atoms with Crippen LogP contribution in [-0.4, -0.2) is 39.0 Å². The fourth-order valence-electron chi connectivity index (χ4n) is 2.00. The summed E-state index contributed by atoms with van der Waals surface area (Å²) in [6.45, 7) is 7.83. The van der Waals surface area contributed by atoms with Crippen molar-refractivity contribution in [2.24, 2.45) is 0 Å². The fraction of sp³-hybridized carbons (Fsp3) is 0.600. The van der Waals surface area contributed by atoms with Crippen LogP contribution in [-0.2, 0) is 11.2 Å². The zero-order valence-electron chi connectivity index (χ0n) is 12.1. The van der Waals surface area contributed by atoms with Crippen molar-refractivity contribution in [3.8, 4) is 11.5 Å². The second kappa shape index (κ2) is 7.86. The minimum atomic E-state index is 0.505. The average Bonchev–Trinajstić information content (AvgIpc) is 2.42. The highest BCUT2D eigenvalue weighted by molar-refractivity contribution is 9.10. The first-order valence-corrected chi connectivity index (χ1v) is 7.85. The third kappa shape index (κ3) is 4.65. The Hall–Kier alpha value is -0.780. The number of hydrogen-bond donors (Lipinski definition) is 1. The van der Waals surface area contributed by atoms with Crippen molar-refractivity contribution < 1.29 is 14.2 Å². The summed E-state index contributed by atoms with van der Waals surface area (Å²) in [7, 11) is 0. The van der Waals surface area contributed by atoms with Crippen LogP contribution < -0.4 is 14.8 Å². The van der Waals surface area contributed by atoms with Crippen molar-refractivity contribution in [1.29, 1.82) is 0 Å².